The van der Waals surface area contributed by atoms with Crippen molar-refractivity contribution in [1.82, 2.24) is 10.2 Å². The van der Waals surface area contributed by atoms with E-state index in [9.17, 15) is 14.7 Å². The highest BCUT2D eigenvalue weighted by Gasteiger charge is 2.46. The number of carboxylic acids is 1. The second-order valence-electron chi connectivity index (χ2n) is 8.79. The molecule has 0 unspecified atom stereocenters. The summed E-state index contributed by atoms with van der Waals surface area (Å²) in [4.78, 5) is 27.1. The predicted octanol–water partition coefficient (Wildman–Crippen LogP) is 3.72. The first kappa shape index (κ1) is 25.6. The van der Waals surface area contributed by atoms with Gasteiger partial charge in [-0.1, -0.05) is 37.3 Å². The van der Waals surface area contributed by atoms with Gasteiger partial charge in [0, 0.05) is 25.0 Å². The maximum Gasteiger partial charge on any atom is 0.308 e. The zero-order valence-electron chi connectivity index (χ0n) is 20.3. The van der Waals surface area contributed by atoms with Crippen LogP contribution in [0.25, 0.3) is 0 Å². The Morgan fingerprint density at radius 2 is 1.82 bits per heavy atom. The number of amides is 1. The number of nitrogens with one attached hydrogen (secondary N) is 1. The van der Waals surface area contributed by atoms with Crippen LogP contribution < -0.4 is 14.8 Å². The molecule has 3 atom stereocenters. The third kappa shape index (κ3) is 6.29. The first-order valence-corrected chi connectivity index (χ1v) is 12.0. The number of hydrogen-bond acceptors (Lipinski definition) is 5. The quantitative estimate of drug-likeness (QED) is 0.494. The lowest BCUT2D eigenvalue weighted by Crippen LogP contribution is -2.42. The van der Waals surface area contributed by atoms with Gasteiger partial charge in [0.15, 0.2) is 0 Å². The lowest BCUT2D eigenvalue weighted by Gasteiger charge is -2.26. The summed E-state index contributed by atoms with van der Waals surface area (Å²) in [7, 11) is 3.27. The molecule has 1 aliphatic rings. The lowest BCUT2D eigenvalue weighted by atomic mass is 9.83. The van der Waals surface area contributed by atoms with Crippen molar-refractivity contribution in [3.8, 4) is 11.5 Å². The molecule has 2 aromatic carbocycles. The van der Waals surface area contributed by atoms with Crippen molar-refractivity contribution in [2.45, 2.75) is 44.6 Å². The lowest BCUT2D eigenvalue weighted by molar-refractivity contribution is -0.143. The van der Waals surface area contributed by atoms with Crippen LogP contribution in [0.15, 0.2) is 48.5 Å². The normalized spacial score (nSPS) is 20.1. The third-order valence-electron chi connectivity index (χ3n) is 6.63. The maximum absolute atomic E-state index is 12.6. The highest BCUT2D eigenvalue weighted by atomic mass is 16.5. The zero-order valence-corrected chi connectivity index (χ0v) is 20.3. The Morgan fingerprint density at radius 3 is 2.47 bits per heavy atom. The molecule has 3 rings (SSSR count). The number of aryl methyl sites for hydroxylation is 1. The molecular weight excluding hydrogens is 432 g/mol. The van der Waals surface area contributed by atoms with Gasteiger partial charge in [-0.15, -0.1) is 0 Å². The van der Waals surface area contributed by atoms with Crippen LogP contribution in [0.3, 0.4) is 0 Å². The fraction of sp³-hybridized carbons (Fsp3) is 0.481. The van der Waals surface area contributed by atoms with E-state index in [2.05, 4.69) is 10.2 Å². The van der Waals surface area contributed by atoms with E-state index in [1.165, 1.54) is 0 Å². The average molecular weight is 469 g/mol. The number of likely N-dealkylation sites (tertiary alicyclic amines) is 1. The molecule has 1 heterocycles. The SMILES string of the molecule is CCCNC(=O)CN1C[C@H](c2ccc(OC)cc2)[C@@H](C(=O)O)[C@@H]1CCCc1ccccc1OC. The molecule has 1 aliphatic heterocycles. The summed E-state index contributed by atoms with van der Waals surface area (Å²) in [5, 5.41) is 13.2. The van der Waals surface area contributed by atoms with Gasteiger partial charge in [-0.25, -0.2) is 0 Å². The van der Waals surface area contributed by atoms with Crippen molar-refractivity contribution in [2.75, 3.05) is 33.9 Å². The molecule has 0 saturated carbocycles. The van der Waals surface area contributed by atoms with Crippen molar-refractivity contribution < 1.29 is 24.2 Å². The zero-order chi connectivity index (χ0) is 24.5. The number of ether oxygens (including phenoxy) is 2. The van der Waals surface area contributed by atoms with Crippen LogP contribution >= 0.6 is 0 Å². The average Bonchev–Trinajstić information content (AvgIpc) is 3.21. The Morgan fingerprint density at radius 1 is 1.09 bits per heavy atom. The van der Waals surface area contributed by atoms with Crippen LogP contribution in [0.1, 0.15) is 43.2 Å². The Bertz CT molecular complexity index is 946. The highest BCUT2D eigenvalue weighted by Crippen LogP contribution is 2.40. The number of rotatable bonds is 12. The topological polar surface area (TPSA) is 88.1 Å². The molecule has 184 valence electrons. The van der Waals surface area contributed by atoms with Crippen LogP contribution in [-0.4, -0.2) is 61.8 Å². The van der Waals surface area contributed by atoms with Crippen molar-refractivity contribution in [3.63, 3.8) is 0 Å². The van der Waals surface area contributed by atoms with Crippen LogP contribution in [0, 0.1) is 5.92 Å². The first-order chi connectivity index (χ1) is 16.5. The summed E-state index contributed by atoms with van der Waals surface area (Å²) >= 11 is 0. The van der Waals surface area contributed by atoms with Crippen LogP contribution in [0.5, 0.6) is 11.5 Å². The summed E-state index contributed by atoms with van der Waals surface area (Å²) in [6.07, 6.45) is 3.14. The number of aliphatic carboxylic acids is 1. The van der Waals surface area contributed by atoms with Gasteiger partial charge < -0.3 is 19.9 Å². The fourth-order valence-electron chi connectivity index (χ4n) is 4.96. The van der Waals surface area contributed by atoms with E-state index < -0.39 is 11.9 Å². The Hall–Kier alpha value is -3.06. The molecule has 1 saturated heterocycles. The van der Waals surface area contributed by atoms with E-state index in [-0.39, 0.29) is 24.4 Å². The van der Waals surface area contributed by atoms with Gasteiger partial charge in [-0.05, 0) is 55.0 Å². The fourth-order valence-corrected chi connectivity index (χ4v) is 4.96. The van der Waals surface area contributed by atoms with E-state index >= 15 is 0 Å². The third-order valence-corrected chi connectivity index (χ3v) is 6.63. The van der Waals surface area contributed by atoms with Gasteiger partial charge in [-0.3, -0.25) is 14.5 Å². The summed E-state index contributed by atoms with van der Waals surface area (Å²) in [6, 6.07) is 15.3. The molecule has 2 N–H and O–H groups in total. The van der Waals surface area contributed by atoms with E-state index in [0.717, 1.165) is 41.9 Å². The van der Waals surface area contributed by atoms with Gasteiger partial charge in [0.1, 0.15) is 11.5 Å². The van der Waals surface area contributed by atoms with Crippen LogP contribution in [0.4, 0.5) is 0 Å². The largest absolute Gasteiger partial charge is 0.497 e. The summed E-state index contributed by atoms with van der Waals surface area (Å²) < 4.78 is 10.7. The molecule has 2 aromatic rings. The molecule has 1 fully saturated rings. The Kier molecular flexibility index (Phi) is 9.33. The number of para-hydroxylation sites is 1. The maximum atomic E-state index is 12.6. The highest BCUT2D eigenvalue weighted by molar-refractivity contribution is 5.79. The molecule has 0 radical (unpaired) electrons. The van der Waals surface area contributed by atoms with E-state index in [1.54, 1.807) is 14.2 Å². The second-order valence-corrected chi connectivity index (χ2v) is 8.79. The van der Waals surface area contributed by atoms with E-state index in [0.29, 0.717) is 19.5 Å². The Balaban J connectivity index is 1.80. The second kappa shape index (κ2) is 12.4. The first-order valence-electron chi connectivity index (χ1n) is 12.0. The molecule has 0 bridgehead atoms. The van der Waals surface area contributed by atoms with E-state index in [4.69, 9.17) is 9.47 Å². The van der Waals surface area contributed by atoms with Crippen LogP contribution in [0.2, 0.25) is 0 Å². The minimum absolute atomic E-state index is 0.0592. The number of benzene rings is 2. The standard InChI is InChI=1S/C27H36N2O5/c1-4-16-28-25(30)18-29-17-22(19-12-14-21(33-2)15-13-19)26(27(31)32)23(29)10-7-9-20-8-5-6-11-24(20)34-3/h5-6,8,11-15,22-23,26H,4,7,9-10,16-18H2,1-3H3,(H,28,30)(H,31,32)/t22-,23+,26-/m1/s1. The number of carbonyl (C=O) groups is 2. The van der Waals surface area contributed by atoms with Crippen molar-refractivity contribution in [1.29, 1.82) is 0 Å². The minimum atomic E-state index is -0.820. The number of methoxy groups -OCH3 is 2. The Labute approximate surface area is 202 Å². The molecule has 1 amide bonds. The predicted molar refractivity (Wildman–Crippen MR) is 131 cm³/mol. The van der Waals surface area contributed by atoms with Gasteiger partial charge in [-0.2, -0.15) is 0 Å². The van der Waals surface area contributed by atoms with Crippen molar-refractivity contribution >= 4 is 11.9 Å². The molecular formula is C27H36N2O5. The number of nitrogens with zero attached hydrogens (tertiary/aromatic N) is 1. The smallest absolute Gasteiger partial charge is 0.308 e. The van der Waals surface area contributed by atoms with Gasteiger partial charge in [0.25, 0.3) is 0 Å². The number of hydrogen-bond donors (Lipinski definition) is 2. The van der Waals surface area contributed by atoms with Gasteiger partial charge in [0.05, 0.1) is 26.7 Å². The molecule has 7 heteroatoms. The number of carbonyl (C=O) groups excluding carboxylic acids is 1. The van der Waals surface area contributed by atoms with Crippen LogP contribution in [-0.2, 0) is 16.0 Å². The molecule has 34 heavy (non-hydrogen) atoms. The van der Waals surface area contributed by atoms with Gasteiger partial charge in [0.2, 0.25) is 5.91 Å². The molecule has 7 nitrogen and oxygen atoms in total. The molecule has 0 aromatic heterocycles. The minimum Gasteiger partial charge on any atom is -0.497 e. The summed E-state index contributed by atoms with van der Waals surface area (Å²) in [5.74, 6) is -0.0900. The number of carboxylic acid groups (broad SMARTS) is 1. The summed E-state index contributed by atoms with van der Waals surface area (Å²) in [5.41, 5.74) is 2.06. The molecule has 0 aliphatic carbocycles. The van der Waals surface area contributed by atoms with E-state index in [1.807, 2.05) is 55.5 Å². The monoisotopic (exact) mass is 468 g/mol. The van der Waals surface area contributed by atoms with Crippen molar-refractivity contribution in [2.24, 2.45) is 5.92 Å². The van der Waals surface area contributed by atoms with Gasteiger partial charge >= 0.3 is 5.97 Å². The van der Waals surface area contributed by atoms with Crippen molar-refractivity contribution in [3.05, 3.63) is 59.7 Å². The molecule has 0 spiro atoms. The summed E-state index contributed by atoms with van der Waals surface area (Å²) in [6.45, 7) is 3.37.